The van der Waals surface area contributed by atoms with Crippen molar-refractivity contribution in [1.82, 2.24) is 19.3 Å². The van der Waals surface area contributed by atoms with Crippen LogP contribution in [0.2, 0.25) is 0 Å². The van der Waals surface area contributed by atoms with Gasteiger partial charge in [0, 0.05) is 26.4 Å². The maximum atomic E-state index is 13.0. The minimum Gasteiger partial charge on any atom is -0.383 e. The molecule has 0 aliphatic rings. The Morgan fingerprint density at radius 1 is 1.32 bits per heavy atom. The summed E-state index contributed by atoms with van der Waals surface area (Å²) in [6.07, 6.45) is 4.60. The molecule has 0 atom stereocenters. The number of nitrogens with one attached hydrogen (secondary N) is 2. The van der Waals surface area contributed by atoms with Crippen LogP contribution in [0.4, 0.5) is 0 Å². The number of aromatic nitrogens is 3. The van der Waals surface area contributed by atoms with Gasteiger partial charge in [0.05, 0.1) is 17.6 Å². The molecule has 0 aromatic carbocycles. The summed E-state index contributed by atoms with van der Waals surface area (Å²) in [4.78, 5) is 30.2. The predicted molar refractivity (Wildman–Crippen MR) is 107 cm³/mol. The van der Waals surface area contributed by atoms with Crippen LogP contribution in [0.3, 0.4) is 0 Å². The van der Waals surface area contributed by atoms with E-state index in [1.807, 2.05) is 0 Å². The Bertz CT molecular complexity index is 1120. The Morgan fingerprint density at radius 3 is 2.89 bits per heavy atom. The normalized spacial score (nSPS) is 11.2. The fraction of sp³-hybridized carbons (Fsp3) is 0.400. The molecule has 0 saturated heterocycles. The number of hydrogen-bond acceptors (Lipinski definition) is 5. The molecule has 0 radical (unpaired) electrons. The first kappa shape index (κ1) is 19.8. The molecule has 28 heavy (non-hydrogen) atoms. The fourth-order valence-electron chi connectivity index (χ4n) is 3.13. The molecule has 3 aromatic heterocycles. The molecule has 0 fully saturated rings. The van der Waals surface area contributed by atoms with Gasteiger partial charge in [0.2, 0.25) is 0 Å². The molecule has 0 bridgehead atoms. The third-order valence-electron chi connectivity index (χ3n) is 4.65. The quantitative estimate of drug-likeness (QED) is 0.456. The summed E-state index contributed by atoms with van der Waals surface area (Å²) in [5, 5.41) is 11.7. The highest BCUT2D eigenvalue weighted by atomic mass is 16.5. The molecule has 0 saturated carbocycles. The van der Waals surface area contributed by atoms with E-state index >= 15 is 0 Å². The van der Waals surface area contributed by atoms with Crippen molar-refractivity contribution in [2.75, 3.05) is 20.3 Å². The Balaban J connectivity index is 2.17. The lowest BCUT2D eigenvalue weighted by molar-refractivity contribution is 0.0950. The second-order valence-electron chi connectivity index (χ2n) is 6.60. The van der Waals surface area contributed by atoms with Crippen molar-refractivity contribution in [3.8, 4) is 0 Å². The van der Waals surface area contributed by atoms with Gasteiger partial charge in [-0.1, -0.05) is 25.8 Å². The Kier molecular flexibility index (Phi) is 6.20. The van der Waals surface area contributed by atoms with Crippen molar-refractivity contribution in [2.24, 2.45) is 0 Å². The zero-order valence-electron chi connectivity index (χ0n) is 16.2. The molecule has 0 aliphatic carbocycles. The number of carbonyl (C=O) groups excluding carboxylic acids is 1. The van der Waals surface area contributed by atoms with Crippen LogP contribution in [0.15, 0.2) is 35.3 Å². The lowest BCUT2D eigenvalue weighted by atomic mass is 10.2. The summed E-state index contributed by atoms with van der Waals surface area (Å²) in [6.45, 7) is 3.29. The van der Waals surface area contributed by atoms with Gasteiger partial charge in [-0.05, 0) is 24.6 Å². The van der Waals surface area contributed by atoms with Crippen molar-refractivity contribution in [3.05, 3.63) is 51.9 Å². The summed E-state index contributed by atoms with van der Waals surface area (Å²) >= 11 is 0. The third kappa shape index (κ3) is 3.82. The largest absolute Gasteiger partial charge is 0.383 e. The van der Waals surface area contributed by atoms with Gasteiger partial charge < -0.3 is 14.6 Å². The van der Waals surface area contributed by atoms with Crippen molar-refractivity contribution < 1.29 is 9.53 Å². The van der Waals surface area contributed by atoms with Gasteiger partial charge >= 0.3 is 0 Å². The first-order chi connectivity index (χ1) is 13.6. The molecule has 0 spiro atoms. The number of amides is 1. The second-order valence-corrected chi connectivity index (χ2v) is 6.60. The summed E-state index contributed by atoms with van der Waals surface area (Å²) in [5.74, 6) is -0.355. The molecule has 8 nitrogen and oxygen atoms in total. The molecule has 1 amide bonds. The number of rotatable bonds is 8. The number of carbonyl (C=O) groups is 1. The minimum absolute atomic E-state index is 0.0183. The molecule has 3 rings (SSSR count). The van der Waals surface area contributed by atoms with Crippen LogP contribution in [-0.4, -0.2) is 40.1 Å². The summed E-state index contributed by atoms with van der Waals surface area (Å²) < 4.78 is 8.15. The highest BCUT2D eigenvalue weighted by Crippen LogP contribution is 2.10. The van der Waals surface area contributed by atoms with Gasteiger partial charge in [-0.25, -0.2) is 4.98 Å². The van der Waals surface area contributed by atoms with E-state index in [4.69, 9.17) is 10.1 Å². The average Bonchev–Trinajstić information content (AvgIpc) is 2.70. The molecular weight excluding hydrogens is 358 g/mol. The SMILES string of the molecule is CCCCCNC(=O)c1cc2c(=O)n3ccccc3nc2n(CCOC)c1=N. The van der Waals surface area contributed by atoms with E-state index in [9.17, 15) is 9.59 Å². The van der Waals surface area contributed by atoms with E-state index in [2.05, 4.69) is 17.2 Å². The van der Waals surface area contributed by atoms with Gasteiger partial charge in [-0.3, -0.25) is 19.4 Å². The van der Waals surface area contributed by atoms with Gasteiger partial charge in [-0.2, -0.15) is 0 Å². The first-order valence-corrected chi connectivity index (χ1v) is 9.45. The second kappa shape index (κ2) is 8.79. The average molecular weight is 383 g/mol. The number of pyridine rings is 2. The molecule has 148 valence electrons. The van der Waals surface area contributed by atoms with Crippen molar-refractivity contribution in [1.29, 1.82) is 5.41 Å². The van der Waals surface area contributed by atoms with Crippen molar-refractivity contribution in [2.45, 2.75) is 32.7 Å². The van der Waals surface area contributed by atoms with E-state index in [-0.39, 0.29) is 22.5 Å². The van der Waals surface area contributed by atoms with Gasteiger partial charge in [-0.15, -0.1) is 0 Å². The lowest BCUT2D eigenvalue weighted by Gasteiger charge is -2.14. The van der Waals surface area contributed by atoms with Crippen LogP contribution >= 0.6 is 0 Å². The van der Waals surface area contributed by atoms with E-state index in [0.717, 1.165) is 19.3 Å². The van der Waals surface area contributed by atoms with Crippen LogP contribution < -0.4 is 16.4 Å². The molecule has 3 heterocycles. The van der Waals surface area contributed by atoms with Crippen LogP contribution in [0.1, 0.15) is 36.5 Å². The molecule has 0 unspecified atom stereocenters. The van der Waals surface area contributed by atoms with Crippen molar-refractivity contribution >= 4 is 22.6 Å². The summed E-state index contributed by atoms with van der Waals surface area (Å²) in [5.41, 5.74) is 0.773. The molecule has 0 aliphatic heterocycles. The van der Waals surface area contributed by atoms with Crippen LogP contribution in [-0.2, 0) is 11.3 Å². The zero-order chi connectivity index (χ0) is 20.1. The number of unbranched alkanes of at least 4 members (excludes halogenated alkanes) is 2. The van der Waals surface area contributed by atoms with Crippen LogP contribution in [0.5, 0.6) is 0 Å². The minimum atomic E-state index is -0.355. The number of nitrogens with zero attached hydrogens (tertiary/aromatic N) is 3. The number of hydrogen-bond donors (Lipinski definition) is 2. The molecular formula is C20H25N5O3. The number of ether oxygens (including phenoxy) is 1. The maximum Gasteiger partial charge on any atom is 0.267 e. The summed E-state index contributed by atoms with van der Waals surface area (Å²) in [6, 6.07) is 6.76. The topological polar surface area (TPSA) is 101 Å². The van der Waals surface area contributed by atoms with E-state index < -0.39 is 0 Å². The first-order valence-electron chi connectivity index (χ1n) is 9.45. The highest BCUT2D eigenvalue weighted by molar-refractivity contribution is 5.96. The fourth-order valence-corrected chi connectivity index (χ4v) is 3.13. The predicted octanol–water partition coefficient (Wildman–Crippen LogP) is 1.70. The monoisotopic (exact) mass is 383 g/mol. The summed E-state index contributed by atoms with van der Waals surface area (Å²) in [7, 11) is 1.56. The van der Waals surface area contributed by atoms with Gasteiger partial charge in [0.25, 0.3) is 11.5 Å². The Morgan fingerprint density at radius 2 is 2.14 bits per heavy atom. The third-order valence-corrected chi connectivity index (χ3v) is 4.65. The van der Waals surface area contributed by atoms with Gasteiger partial charge in [0.15, 0.2) is 0 Å². The lowest BCUT2D eigenvalue weighted by Crippen LogP contribution is -2.35. The van der Waals surface area contributed by atoms with E-state index in [0.29, 0.717) is 36.4 Å². The maximum absolute atomic E-state index is 13.0. The Labute approximate surface area is 162 Å². The number of fused-ring (bicyclic) bond motifs is 2. The Hall–Kier alpha value is -3.00. The van der Waals surface area contributed by atoms with Crippen LogP contribution in [0.25, 0.3) is 16.7 Å². The van der Waals surface area contributed by atoms with Gasteiger partial charge in [0.1, 0.15) is 16.8 Å². The van der Waals surface area contributed by atoms with E-state index in [1.54, 1.807) is 36.1 Å². The zero-order valence-corrected chi connectivity index (χ0v) is 16.2. The highest BCUT2D eigenvalue weighted by Gasteiger charge is 2.17. The molecule has 8 heteroatoms. The van der Waals surface area contributed by atoms with E-state index in [1.165, 1.54) is 10.5 Å². The standard InChI is InChI=1S/C20H25N5O3/c1-3-4-6-9-22-19(26)14-13-15-18(25(17(14)21)11-12-28-2)23-16-8-5-7-10-24(16)20(15)27/h5,7-8,10,13,21H,3-4,6,9,11-12H2,1-2H3,(H,22,26). The van der Waals surface area contributed by atoms with Crippen molar-refractivity contribution in [3.63, 3.8) is 0 Å². The molecule has 3 aromatic rings. The number of methoxy groups -OCH3 is 1. The molecule has 2 N–H and O–H groups in total. The smallest absolute Gasteiger partial charge is 0.267 e. The van der Waals surface area contributed by atoms with Crippen LogP contribution in [0, 0.1) is 5.41 Å².